The van der Waals surface area contributed by atoms with Crippen LogP contribution in [-0.2, 0) is 9.53 Å². The van der Waals surface area contributed by atoms with Gasteiger partial charge in [-0.1, -0.05) is 19.1 Å². The lowest BCUT2D eigenvalue weighted by Gasteiger charge is -2.28. The SMILES string of the molecule is CCCOc1ccc([C@H]2C(C(=O)OC(C)C)=C(C)Nc3ncnn32)cc1. The summed E-state index contributed by atoms with van der Waals surface area (Å²) in [5, 5.41) is 7.43. The second-order valence-corrected chi connectivity index (χ2v) is 6.47. The summed E-state index contributed by atoms with van der Waals surface area (Å²) in [5.41, 5.74) is 2.16. The van der Waals surface area contributed by atoms with E-state index in [9.17, 15) is 4.79 Å². The predicted molar refractivity (Wildman–Crippen MR) is 97.9 cm³/mol. The molecule has 2 aromatic rings. The van der Waals surface area contributed by atoms with Gasteiger partial charge in [0.2, 0.25) is 5.95 Å². The molecule has 1 aromatic heterocycles. The number of aromatic nitrogens is 3. The van der Waals surface area contributed by atoms with Gasteiger partial charge in [0.1, 0.15) is 18.1 Å². The topological polar surface area (TPSA) is 78.3 Å². The van der Waals surface area contributed by atoms with Crippen molar-refractivity contribution < 1.29 is 14.3 Å². The molecule has 2 heterocycles. The molecule has 0 unspecified atom stereocenters. The molecule has 0 radical (unpaired) electrons. The number of fused-ring (bicyclic) bond motifs is 1. The maximum atomic E-state index is 12.7. The van der Waals surface area contributed by atoms with Crippen molar-refractivity contribution in [2.24, 2.45) is 0 Å². The summed E-state index contributed by atoms with van der Waals surface area (Å²) in [7, 11) is 0. The minimum Gasteiger partial charge on any atom is -0.494 e. The van der Waals surface area contributed by atoms with Crippen LogP contribution in [0.1, 0.15) is 45.7 Å². The minimum absolute atomic E-state index is 0.203. The van der Waals surface area contributed by atoms with Crippen molar-refractivity contribution in [2.75, 3.05) is 11.9 Å². The Morgan fingerprint density at radius 1 is 1.31 bits per heavy atom. The summed E-state index contributed by atoms with van der Waals surface area (Å²) in [6.45, 7) is 8.25. The molecule has 0 aliphatic carbocycles. The number of rotatable bonds is 6. The third-order valence-corrected chi connectivity index (χ3v) is 4.03. The van der Waals surface area contributed by atoms with Crippen LogP contribution in [0.5, 0.6) is 5.75 Å². The summed E-state index contributed by atoms with van der Waals surface area (Å²) in [4.78, 5) is 17.0. The molecule has 7 nitrogen and oxygen atoms in total. The Balaban J connectivity index is 1.99. The summed E-state index contributed by atoms with van der Waals surface area (Å²) >= 11 is 0. The summed E-state index contributed by atoms with van der Waals surface area (Å²) in [6.07, 6.45) is 2.22. The first-order valence-electron chi connectivity index (χ1n) is 8.82. The van der Waals surface area contributed by atoms with Crippen LogP contribution >= 0.6 is 0 Å². The van der Waals surface area contributed by atoms with Crippen LogP contribution in [0.4, 0.5) is 5.95 Å². The third kappa shape index (κ3) is 3.56. The number of hydrogen-bond acceptors (Lipinski definition) is 6. The average Bonchev–Trinajstić information content (AvgIpc) is 3.06. The molecule has 0 bridgehead atoms. The normalized spacial score (nSPS) is 16.3. The van der Waals surface area contributed by atoms with E-state index in [-0.39, 0.29) is 12.1 Å². The minimum atomic E-state index is -0.403. The molecule has 1 N–H and O–H groups in total. The molecule has 138 valence electrons. The van der Waals surface area contributed by atoms with Crippen LogP contribution in [0.25, 0.3) is 0 Å². The van der Waals surface area contributed by atoms with E-state index in [2.05, 4.69) is 22.3 Å². The highest BCUT2D eigenvalue weighted by molar-refractivity contribution is 5.92. The number of carbonyl (C=O) groups is 1. The number of esters is 1. The molecule has 0 amide bonds. The molecule has 0 spiro atoms. The van der Waals surface area contributed by atoms with Gasteiger partial charge in [-0.25, -0.2) is 9.48 Å². The molecule has 7 heteroatoms. The number of carbonyl (C=O) groups excluding carboxylic acids is 1. The standard InChI is InChI=1S/C19H24N4O3/c1-5-10-25-15-8-6-14(7-9-15)17-16(18(24)26-12(2)3)13(4)22-19-20-11-21-23(17)19/h6-9,11-12,17H,5,10H2,1-4H3,(H,20,21,22)/t17-/m0/s1. The van der Waals surface area contributed by atoms with Gasteiger partial charge in [0, 0.05) is 5.70 Å². The van der Waals surface area contributed by atoms with Crippen molar-refractivity contribution in [1.82, 2.24) is 14.8 Å². The Morgan fingerprint density at radius 2 is 2.04 bits per heavy atom. The van der Waals surface area contributed by atoms with Crippen LogP contribution in [0.3, 0.4) is 0 Å². The Morgan fingerprint density at radius 3 is 2.69 bits per heavy atom. The monoisotopic (exact) mass is 356 g/mol. The lowest BCUT2D eigenvalue weighted by molar-refractivity contribution is -0.143. The average molecular weight is 356 g/mol. The Bertz CT molecular complexity index is 808. The highest BCUT2D eigenvalue weighted by Gasteiger charge is 2.34. The summed E-state index contributed by atoms with van der Waals surface area (Å²) in [6, 6.07) is 7.31. The first-order valence-corrected chi connectivity index (χ1v) is 8.82. The predicted octanol–water partition coefficient (Wildman–Crippen LogP) is 3.31. The van der Waals surface area contributed by atoms with Gasteiger partial charge in [0.05, 0.1) is 18.3 Å². The third-order valence-electron chi connectivity index (χ3n) is 4.03. The fourth-order valence-corrected chi connectivity index (χ4v) is 2.91. The maximum absolute atomic E-state index is 12.7. The molecule has 26 heavy (non-hydrogen) atoms. The molecule has 1 aliphatic heterocycles. The van der Waals surface area contributed by atoms with E-state index in [1.807, 2.05) is 45.0 Å². The largest absolute Gasteiger partial charge is 0.494 e. The molecule has 1 aliphatic rings. The zero-order valence-electron chi connectivity index (χ0n) is 15.5. The Hall–Kier alpha value is -2.83. The molecule has 0 fully saturated rings. The first kappa shape index (κ1) is 18.0. The molecule has 3 rings (SSSR count). The van der Waals surface area contributed by atoms with Crippen LogP contribution < -0.4 is 10.1 Å². The fourth-order valence-electron chi connectivity index (χ4n) is 2.91. The lowest BCUT2D eigenvalue weighted by Crippen LogP contribution is -2.30. The van der Waals surface area contributed by atoms with Crippen molar-refractivity contribution in [2.45, 2.75) is 46.3 Å². The molecule has 1 aromatic carbocycles. The zero-order chi connectivity index (χ0) is 18.7. The lowest BCUT2D eigenvalue weighted by atomic mass is 9.95. The highest BCUT2D eigenvalue weighted by atomic mass is 16.5. The maximum Gasteiger partial charge on any atom is 0.338 e. The quantitative estimate of drug-likeness (QED) is 0.800. The van der Waals surface area contributed by atoms with E-state index in [1.54, 1.807) is 4.68 Å². The summed E-state index contributed by atoms with van der Waals surface area (Å²) < 4.78 is 12.8. The van der Waals surface area contributed by atoms with Gasteiger partial charge in [0.25, 0.3) is 0 Å². The Kier molecular flexibility index (Phi) is 5.25. The second kappa shape index (κ2) is 7.59. The van der Waals surface area contributed by atoms with Crippen molar-refractivity contribution in [3.8, 4) is 5.75 Å². The van der Waals surface area contributed by atoms with Gasteiger partial charge in [-0.15, -0.1) is 0 Å². The number of ether oxygens (including phenoxy) is 2. The van der Waals surface area contributed by atoms with Crippen molar-refractivity contribution in [3.63, 3.8) is 0 Å². The van der Waals surface area contributed by atoms with Crippen LogP contribution in [0.2, 0.25) is 0 Å². The van der Waals surface area contributed by atoms with E-state index in [4.69, 9.17) is 9.47 Å². The number of nitrogens with zero attached hydrogens (tertiary/aromatic N) is 3. The van der Waals surface area contributed by atoms with Gasteiger partial charge in [0.15, 0.2) is 0 Å². The molecular formula is C19H24N4O3. The number of allylic oxidation sites excluding steroid dienone is 1. The second-order valence-electron chi connectivity index (χ2n) is 6.47. The molecule has 1 atom stereocenters. The van der Waals surface area contributed by atoms with Crippen LogP contribution in [0, 0.1) is 0 Å². The molecular weight excluding hydrogens is 332 g/mol. The van der Waals surface area contributed by atoms with E-state index in [1.165, 1.54) is 6.33 Å². The van der Waals surface area contributed by atoms with Crippen LogP contribution in [-0.4, -0.2) is 33.4 Å². The van der Waals surface area contributed by atoms with Gasteiger partial charge in [-0.3, -0.25) is 0 Å². The number of nitrogens with one attached hydrogen (secondary N) is 1. The fraction of sp³-hybridized carbons (Fsp3) is 0.421. The molecule has 0 saturated heterocycles. The summed E-state index contributed by atoms with van der Waals surface area (Å²) in [5.74, 6) is 1.04. The van der Waals surface area contributed by atoms with Gasteiger partial charge >= 0.3 is 5.97 Å². The number of benzene rings is 1. The van der Waals surface area contributed by atoms with Gasteiger partial charge in [-0.05, 0) is 44.9 Å². The Labute approximate surface area is 153 Å². The van der Waals surface area contributed by atoms with Gasteiger partial charge in [-0.2, -0.15) is 10.1 Å². The van der Waals surface area contributed by atoms with E-state index in [0.717, 1.165) is 17.7 Å². The molecule has 0 saturated carbocycles. The van der Waals surface area contributed by atoms with Gasteiger partial charge < -0.3 is 14.8 Å². The highest BCUT2D eigenvalue weighted by Crippen LogP contribution is 2.35. The van der Waals surface area contributed by atoms with Crippen LogP contribution in [0.15, 0.2) is 41.9 Å². The van der Waals surface area contributed by atoms with E-state index < -0.39 is 6.04 Å². The van der Waals surface area contributed by atoms with Crippen molar-refractivity contribution in [1.29, 1.82) is 0 Å². The first-order chi connectivity index (χ1) is 12.5. The number of hydrogen-bond donors (Lipinski definition) is 1. The zero-order valence-corrected chi connectivity index (χ0v) is 15.5. The smallest absolute Gasteiger partial charge is 0.338 e. The van der Waals surface area contributed by atoms with Crippen molar-refractivity contribution in [3.05, 3.63) is 47.4 Å². The van der Waals surface area contributed by atoms with Crippen molar-refractivity contribution >= 4 is 11.9 Å². The van der Waals surface area contributed by atoms with E-state index >= 15 is 0 Å². The van der Waals surface area contributed by atoms with E-state index in [0.29, 0.717) is 23.8 Å². The number of anilines is 1.